The summed E-state index contributed by atoms with van der Waals surface area (Å²) in [6, 6.07) is 8.12. The lowest BCUT2D eigenvalue weighted by molar-refractivity contribution is -0.130. The minimum atomic E-state index is 0.0796. The molecule has 0 saturated carbocycles. The van der Waals surface area contributed by atoms with E-state index in [9.17, 15) is 4.79 Å². The van der Waals surface area contributed by atoms with E-state index in [1.165, 1.54) is 0 Å². The first-order valence-corrected chi connectivity index (χ1v) is 10.9. The molecular weight excluding hydrogens is 394 g/mol. The number of carbonyl (C=O) groups excluding carboxylic acids is 1. The number of nitrogens with zero attached hydrogens (tertiary/aromatic N) is 5. The topological polar surface area (TPSA) is 96.7 Å². The highest BCUT2D eigenvalue weighted by atomic mass is 16.5. The molecule has 1 unspecified atom stereocenters. The van der Waals surface area contributed by atoms with Crippen molar-refractivity contribution in [3.05, 3.63) is 41.5 Å². The Labute approximate surface area is 183 Å². The van der Waals surface area contributed by atoms with E-state index in [1.54, 1.807) is 0 Å². The fourth-order valence-electron chi connectivity index (χ4n) is 3.57. The number of nitrogens with one attached hydrogen (secondary N) is 2. The number of aromatic nitrogens is 3. The number of amides is 1. The average molecular weight is 428 g/mol. The predicted octanol–water partition coefficient (Wildman–Crippen LogP) is 1.94. The number of guanidine groups is 1. The number of aryl methyl sites for hydroxylation is 1. The maximum absolute atomic E-state index is 12.4. The molecule has 168 valence electrons. The second-order valence-corrected chi connectivity index (χ2v) is 7.50. The van der Waals surface area contributed by atoms with Crippen molar-refractivity contribution in [3.63, 3.8) is 0 Å². The molecule has 1 aromatic heterocycles. The van der Waals surface area contributed by atoms with E-state index in [-0.39, 0.29) is 11.9 Å². The Hall–Kier alpha value is -3.10. The van der Waals surface area contributed by atoms with Gasteiger partial charge in [-0.3, -0.25) is 4.79 Å². The Morgan fingerprint density at radius 1 is 1.29 bits per heavy atom. The Bertz CT molecular complexity index is 905. The van der Waals surface area contributed by atoms with E-state index in [4.69, 9.17) is 9.73 Å². The summed E-state index contributed by atoms with van der Waals surface area (Å²) >= 11 is 0. The largest absolute Gasteiger partial charge is 0.493 e. The molecule has 0 aliphatic carbocycles. The highest BCUT2D eigenvalue weighted by Gasteiger charge is 2.22. The lowest BCUT2D eigenvalue weighted by atomic mass is 10.0. The van der Waals surface area contributed by atoms with Gasteiger partial charge in [0.05, 0.1) is 12.6 Å². The second-order valence-electron chi connectivity index (χ2n) is 7.50. The van der Waals surface area contributed by atoms with Gasteiger partial charge in [0.15, 0.2) is 11.8 Å². The fraction of sp³-hybridized carbons (Fsp3) is 0.545. The van der Waals surface area contributed by atoms with Crippen LogP contribution in [-0.2, 0) is 18.4 Å². The minimum Gasteiger partial charge on any atom is -0.493 e. The maximum Gasteiger partial charge on any atom is 0.224 e. The lowest BCUT2D eigenvalue weighted by Crippen LogP contribution is -2.42. The first-order chi connectivity index (χ1) is 15.0. The van der Waals surface area contributed by atoms with Crippen LogP contribution in [-0.4, -0.2) is 57.8 Å². The quantitative estimate of drug-likeness (QED) is 0.494. The van der Waals surface area contributed by atoms with Crippen LogP contribution in [0.15, 0.2) is 29.3 Å². The van der Waals surface area contributed by atoms with Gasteiger partial charge in [0.1, 0.15) is 18.1 Å². The minimum absolute atomic E-state index is 0.0796. The van der Waals surface area contributed by atoms with Crippen LogP contribution in [0.25, 0.3) is 0 Å². The van der Waals surface area contributed by atoms with Crippen LogP contribution < -0.4 is 15.4 Å². The fourth-order valence-corrected chi connectivity index (χ4v) is 3.57. The van der Waals surface area contributed by atoms with Crippen molar-refractivity contribution < 1.29 is 9.53 Å². The molecule has 0 spiro atoms. The molecule has 0 radical (unpaired) electrons. The molecular formula is C22H33N7O2. The van der Waals surface area contributed by atoms with Gasteiger partial charge in [-0.15, -0.1) is 10.2 Å². The van der Waals surface area contributed by atoms with Gasteiger partial charge < -0.3 is 24.8 Å². The highest BCUT2D eigenvalue weighted by molar-refractivity contribution is 5.82. The third kappa shape index (κ3) is 5.74. The molecule has 1 aliphatic heterocycles. The van der Waals surface area contributed by atoms with Gasteiger partial charge in [-0.05, 0) is 26.8 Å². The molecule has 1 aromatic carbocycles. The number of fused-ring (bicyclic) bond motifs is 1. The first-order valence-electron chi connectivity index (χ1n) is 10.9. The Morgan fingerprint density at radius 3 is 2.77 bits per heavy atom. The summed E-state index contributed by atoms with van der Waals surface area (Å²) in [7, 11) is 1.93. The van der Waals surface area contributed by atoms with Gasteiger partial charge in [0, 0.05) is 45.1 Å². The summed E-state index contributed by atoms with van der Waals surface area (Å²) in [5.74, 6) is 3.30. The monoisotopic (exact) mass is 427 g/mol. The summed E-state index contributed by atoms with van der Waals surface area (Å²) < 4.78 is 7.70. The maximum atomic E-state index is 12.4. The van der Waals surface area contributed by atoms with Crippen LogP contribution in [0.2, 0.25) is 0 Å². The van der Waals surface area contributed by atoms with Crippen LogP contribution in [0, 0.1) is 6.92 Å². The van der Waals surface area contributed by atoms with Crippen LogP contribution in [0.5, 0.6) is 5.75 Å². The van der Waals surface area contributed by atoms with Crippen LogP contribution in [0.1, 0.15) is 49.9 Å². The van der Waals surface area contributed by atoms with Gasteiger partial charge in [-0.1, -0.05) is 18.2 Å². The van der Waals surface area contributed by atoms with Gasteiger partial charge in [0.2, 0.25) is 5.91 Å². The van der Waals surface area contributed by atoms with Gasteiger partial charge >= 0.3 is 0 Å². The second kappa shape index (κ2) is 10.8. The van der Waals surface area contributed by atoms with Crippen molar-refractivity contribution in [2.24, 2.45) is 12.0 Å². The molecule has 9 heteroatoms. The van der Waals surface area contributed by atoms with E-state index in [2.05, 4.69) is 26.9 Å². The summed E-state index contributed by atoms with van der Waals surface area (Å²) in [6.07, 6.45) is 1.25. The van der Waals surface area contributed by atoms with Crippen LogP contribution in [0.4, 0.5) is 0 Å². The highest BCUT2D eigenvalue weighted by Crippen LogP contribution is 2.31. The Kier molecular flexibility index (Phi) is 7.86. The molecule has 31 heavy (non-hydrogen) atoms. The Morgan fingerprint density at radius 2 is 2.06 bits per heavy atom. The van der Waals surface area contributed by atoms with E-state index in [1.807, 2.05) is 55.5 Å². The smallest absolute Gasteiger partial charge is 0.224 e. The van der Waals surface area contributed by atoms with E-state index >= 15 is 0 Å². The normalized spacial score (nSPS) is 15.7. The number of aliphatic imine (C=N–C) groups is 1. The molecule has 1 atom stereocenters. The summed E-state index contributed by atoms with van der Waals surface area (Å²) in [5.41, 5.74) is 1.11. The standard InChI is InChI=1S/C22H33N7O2/c1-5-29(6-2)21(30)11-13-23-22(24-15-20-27-26-16(3)28(20)4)25-18-12-14-31-19-10-8-7-9-17(18)19/h7-10,18H,5-6,11-15H2,1-4H3,(H2,23,24,25). The molecule has 9 nitrogen and oxygen atoms in total. The SMILES string of the molecule is CCN(CC)C(=O)CCNC(=NCc1nnc(C)n1C)NC1CCOc2ccccc21. The lowest BCUT2D eigenvalue weighted by Gasteiger charge is -2.28. The number of hydrogen-bond acceptors (Lipinski definition) is 5. The molecule has 1 aliphatic rings. The van der Waals surface area contributed by atoms with Crippen molar-refractivity contribution in [1.82, 2.24) is 30.3 Å². The van der Waals surface area contributed by atoms with E-state index < -0.39 is 0 Å². The van der Waals surface area contributed by atoms with Crippen molar-refractivity contribution in [1.29, 1.82) is 0 Å². The van der Waals surface area contributed by atoms with Gasteiger partial charge in [0.25, 0.3) is 0 Å². The first kappa shape index (κ1) is 22.6. The van der Waals surface area contributed by atoms with Crippen LogP contribution in [0.3, 0.4) is 0 Å². The van der Waals surface area contributed by atoms with E-state index in [0.29, 0.717) is 32.1 Å². The average Bonchev–Trinajstić information content (AvgIpc) is 3.10. The summed E-state index contributed by atoms with van der Waals surface area (Å²) in [5, 5.41) is 15.1. The predicted molar refractivity (Wildman–Crippen MR) is 120 cm³/mol. The van der Waals surface area contributed by atoms with Crippen molar-refractivity contribution in [2.75, 3.05) is 26.2 Å². The van der Waals surface area contributed by atoms with Gasteiger partial charge in [-0.25, -0.2) is 4.99 Å². The van der Waals surface area contributed by atoms with Crippen molar-refractivity contribution in [3.8, 4) is 5.75 Å². The third-order valence-corrected chi connectivity index (χ3v) is 5.58. The molecule has 3 rings (SSSR count). The zero-order valence-corrected chi connectivity index (χ0v) is 18.9. The summed E-state index contributed by atoms with van der Waals surface area (Å²) in [4.78, 5) is 18.9. The third-order valence-electron chi connectivity index (χ3n) is 5.58. The van der Waals surface area contributed by atoms with Crippen molar-refractivity contribution >= 4 is 11.9 Å². The number of rotatable bonds is 8. The molecule has 2 aromatic rings. The molecule has 1 amide bonds. The molecule has 2 N–H and O–H groups in total. The summed E-state index contributed by atoms with van der Waals surface area (Å²) in [6.45, 7) is 8.88. The molecule has 0 fully saturated rings. The Balaban J connectivity index is 1.71. The number of para-hydroxylation sites is 1. The van der Waals surface area contributed by atoms with E-state index in [0.717, 1.165) is 42.5 Å². The molecule has 0 bridgehead atoms. The zero-order chi connectivity index (χ0) is 22.2. The zero-order valence-electron chi connectivity index (χ0n) is 18.9. The van der Waals surface area contributed by atoms with Crippen molar-refractivity contribution in [2.45, 2.75) is 46.2 Å². The molecule has 0 saturated heterocycles. The van der Waals surface area contributed by atoms with Crippen LogP contribution >= 0.6 is 0 Å². The number of benzene rings is 1. The van der Waals surface area contributed by atoms with Gasteiger partial charge in [-0.2, -0.15) is 0 Å². The number of carbonyl (C=O) groups is 1. The molecule has 2 heterocycles. The number of ether oxygens (including phenoxy) is 1. The number of hydrogen-bond donors (Lipinski definition) is 2.